The fourth-order valence-corrected chi connectivity index (χ4v) is 10.4. The van der Waals surface area contributed by atoms with Gasteiger partial charge in [0.05, 0.1) is 0 Å². The Morgan fingerprint density at radius 1 is 1.17 bits per heavy atom. The van der Waals surface area contributed by atoms with Crippen molar-refractivity contribution in [3.8, 4) is 0 Å². The average Bonchev–Trinajstić information content (AvgIpc) is 2.45. The molecule has 18 heavy (non-hydrogen) atoms. The van der Waals surface area contributed by atoms with Crippen molar-refractivity contribution >= 4 is 14.2 Å². The van der Waals surface area contributed by atoms with E-state index in [4.69, 9.17) is 4.43 Å². The summed E-state index contributed by atoms with van der Waals surface area (Å²) < 4.78 is 8.68. The highest BCUT2D eigenvalue weighted by atomic mass is 28.4. The normalized spacial score (nSPS) is 26.3. The molecule has 1 aromatic rings. The standard InChI is InChI=1S/C15H25NOSi/c1-14(2,3)18(17-7)15(4,5)12-10-8-9-11-13(12)16(18)6/h8-11H,1-7H3. The second-order valence-electron chi connectivity index (χ2n) is 6.80. The molecule has 100 valence electrons. The van der Waals surface area contributed by atoms with E-state index in [1.54, 1.807) is 0 Å². The van der Waals surface area contributed by atoms with E-state index in [9.17, 15) is 0 Å². The number of nitrogens with zero attached hydrogens (tertiary/aromatic N) is 1. The highest BCUT2D eigenvalue weighted by molar-refractivity contribution is 6.84. The third-order valence-electron chi connectivity index (χ3n) is 4.57. The smallest absolute Gasteiger partial charge is 0.316 e. The molecule has 2 rings (SSSR count). The Labute approximate surface area is 112 Å². The van der Waals surface area contributed by atoms with Crippen molar-refractivity contribution in [1.29, 1.82) is 0 Å². The summed E-state index contributed by atoms with van der Waals surface area (Å²) in [6.45, 7) is 11.6. The van der Waals surface area contributed by atoms with Crippen molar-refractivity contribution < 1.29 is 4.43 Å². The largest absolute Gasteiger partial charge is 0.401 e. The SMILES string of the molecule is CO[Si]1(C(C)(C)C)N(C)c2ccccc2C1(C)C. The molecule has 1 heterocycles. The molecule has 1 atom stereocenters. The minimum absolute atomic E-state index is 0.0886. The van der Waals surface area contributed by atoms with Crippen molar-refractivity contribution in [3.63, 3.8) is 0 Å². The second-order valence-corrected chi connectivity index (χ2v) is 11.9. The summed E-state index contributed by atoms with van der Waals surface area (Å²) in [5.41, 5.74) is 2.77. The van der Waals surface area contributed by atoms with Crippen molar-refractivity contribution in [2.75, 3.05) is 18.7 Å². The molecule has 0 bridgehead atoms. The number of rotatable bonds is 1. The van der Waals surface area contributed by atoms with Crippen LogP contribution in [0.2, 0.25) is 5.04 Å². The average molecular weight is 263 g/mol. The third kappa shape index (κ3) is 1.38. The lowest BCUT2D eigenvalue weighted by Gasteiger charge is -2.50. The van der Waals surface area contributed by atoms with Gasteiger partial charge in [-0.05, 0) is 18.7 Å². The topological polar surface area (TPSA) is 12.5 Å². The number of fused-ring (bicyclic) bond motifs is 1. The first-order valence-electron chi connectivity index (χ1n) is 6.58. The molecule has 0 amide bonds. The van der Waals surface area contributed by atoms with E-state index in [0.29, 0.717) is 0 Å². The maximum atomic E-state index is 6.24. The Morgan fingerprint density at radius 3 is 2.17 bits per heavy atom. The lowest BCUT2D eigenvalue weighted by atomic mass is 10.0. The van der Waals surface area contributed by atoms with Crippen LogP contribution in [0.3, 0.4) is 0 Å². The van der Waals surface area contributed by atoms with Gasteiger partial charge in [-0.1, -0.05) is 52.8 Å². The van der Waals surface area contributed by atoms with Crippen LogP contribution in [0.1, 0.15) is 40.2 Å². The molecule has 1 unspecified atom stereocenters. The van der Waals surface area contributed by atoms with E-state index in [1.165, 1.54) is 11.3 Å². The van der Waals surface area contributed by atoms with Gasteiger partial charge in [0.1, 0.15) is 0 Å². The van der Waals surface area contributed by atoms with Gasteiger partial charge in [-0.3, -0.25) is 0 Å². The summed E-state index contributed by atoms with van der Waals surface area (Å²) >= 11 is 0. The fourth-order valence-electron chi connectivity index (χ4n) is 4.20. The van der Waals surface area contributed by atoms with Crippen LogP contribution >= 0.6 is 0 Å². The zero-order valence-electron chi connectivity index (χ0n) is 12.7. The Bertz CT molecular complexity index is 464. The van der Waals surface area contributed by atoms with E-state index in [1.807, 2.05) is 7.11 Å². The van der Waals surface area contributed by atoms with E-state index >= 15 is 0 Å². The summed E-state index contributed by atoms with van der Waals surface area (Å²) in [6, 6.07) is 8.73. The Morgan fingerprint density at radius 2 is 1.72 bits per heavy atom. The molecule has 0 aliphatic carbocycles. The molecule has 0 N–H and O–H groups in total. The minimum Gasteiger partial charge on any atom is -0.401 e. The van der Waals surface area contributed by atoms with Crippen LogP contribution in [0.15, 0.2) is 24.3 Å². The summed E-state index contributed by atoms with van der Waals surface area (Å²) in [5.74, 6) is 0. The number of hydrogen-bond acceptors (Lipinski definition) is 2. The Kier molecular flexibility index (Phi) is 2.91. The molecule has 0 saturated heterocycles. The van der Waals surface area contributed by atoms with Crippen molar-refractivity contribution in [1.82, 2.24) is 0 Å². The Hall–Kier alpha value is -0.803. The highest BCUT2D eigenvalue weighted by Crippen LogP contribution is 2.57. The van der Waals surface area contributed by atoms with Gasteiger partial charge in [0.25, 0.3) is 0 Å². The van der Waals surface area contributed by atoms with E-state index < -0.39 is 8.48 Å². The molecule has 1 aliphatic heterocycles. The van der Waals surface area contributed by atoms with E-state index in [0.717, 1.165) is 0 Å². The Balaban J connectivity index is 2.74. The number of hydrogen-bond donors (Lipinski definition) is 0. The van der Waals surface area contributed by atoms with Gasteiger partial charge in [0, 0.05) is 22.9 Å². The first-order chi connectivity index (χ1) is 8.20. The summed E-state index contributed by atoms with van der Waals surface area (Å²) in [6.07, 6.45) is 0. The number of benzene rings is 1. The summed E-state index contributed by atoms with van der Waals surface area (Å²) in [4.78, 5) is 0. The van der Waals surface area contributed by atoms with Gasteiger partial charge in [-0.2, -0.15) is 0 Å². The van der Waals surface area contributed by atoms with Crippen LogP contribution in [0.5, 0.6) is 0 Å². The van der Waals surface area contributed by atoms with Crippen LogP contribution < -0.4 is 4.57 Å². The van der Waals surface area contributed by atoms with E-state index in [-0.39, 0.29) is 10.1 Å². The molecule has 2 nitrogen and oxygen atoms in total. The monoisotopic (exact) mass is 263 g/mol. The molecule has 0 saturated carbocycles. The van der Waals surface area contributed by atoms with E-state index in [2.05, 4.69) is 70.5 Å². The van der Waals surface area contributed by atoms with Gasteiger partial charge in [-0.15, -0.1) is 0 Å². The molecular formula is C15H25NOSi. The predicted molar refractivity (Wildman–Crippen MR) is 80.3 cm³/mol. The van der Waals surface area contributed by atoms with Gasteiger partial charge >= 0.3 is 8.48 Å². The molecule has 1 aromatic carbocycles. The predicted octanol–water partition coefficient (Wildman–Crippen LogP) is 3.84. The molecule has 1 aliphatic rings. The van der Waals surface area contributed by atoms with Crippen LogP contribution in [0, 0.1) is 0 Å². The van der Waals surface area contributed by atoms with Gasteiger partial charge < -0.3 is 8.99 Å². The molecule has 0 aromatic heterocycles. The third-order valence-corrected chi connectivity index (χ3v) is 10.3. The van der Waals surface area contributed by atoms with Crippen molar-refractivity contribution in [2.45, 2.75) is 44.7 Å². The van der Waals surface area contributed by atoms with Crippen molar-refractivity contribution in [3.05, 3.63) is 29.8 Å². The molecule has 3 heteroatoms. The molecule has 0 fully saturated rings. The molecule has 0 radical (unpaired) electrons. The van der Waals surface area contributed by atoms with Crippen LogP contribution in [-0.2, 0) is 9.46 Å². The quantitative estimate of drug-likeness (QED) is 0.714. The highest BCUT2D eigenvalue weighted by Gasteiger charge is 2.65. The van der Waals surface area contributed by atoms with Gasteiger partial charge in [0.2, 0.25) is 0 Å². The van der Waals surface area contributed by atoms with Crippen LogP contribution in [-0.4, -0.2) is 22.6 Å². The lowest BCUT2D eigenvalue weighted by Crippen LogP contribution is -2.67. The first-order valence-corrected chi connectivity index (χ1v) is 8.44. The zero-order valence-corrected chi connectivity index (χ0v) is 13.7. The van der Waals surface area contributed by atoms with Crippen molar-refractivity contribution in [2.24, 2.45) is 0 Å². The number of anilines is 1. The molecule has 0 spiro atoms. The fraction of sp³-hybridized carbons (Fsp3) is 0.600. The first kappa shape index (κ1) is 13.6. The van der Waals surface area contributed by atoms with Crippen LogP contribution in [0.25, 0.3) is 0 Å². The second kappa shape index (κ2) is 3.84. The van der Waals surface area contributed by atoms with Crippen LogP contribution in [0.4, 0.5) is 5.69 Å². The zero-order chi connectivity index (χ0) is 13.8. The molecular weight excluding hydrogens is 238 g/mol. The van der Waals surface area contributed by atoms with Gasteiger partial charge in [0.15, 0.2) is 0 Å². The summed E-state index contributed by atoms with van der Waals surface area (Å²) in [7, 11) is 1.98. The lowest BCUT2D eigenvalue weighted by molar-refractivity contribution is 0.329. The van der Waals surface area contributed by atoms with Gasteiger partial charge in [-0.25, -0.2) is 0 Å². The maximum absolute atomic E-state index is 6.24. The summed E-state index contributed by atoms with van der Waals surface area (Å²) in [5, 5.41) is 0.240. The maximum Gasteiger partial charge on any atom is 0.316 e. The minimum atomic E-state index is -2.11. The number of para-hydroxylation sites is 1.